The summed E-state index contributed by atoms with van der Waals surface area (Å²) >= 11 is 0. The van der Waals surface area contributed by atoms with Crippen molar-refractivity contribution in [2.24, 2.45) is 0 Å². The Bertz CT molecular complexity index is 337. The largest absolute Gasteiger partial charge is 0.509 e. The summed E-state index contributed by atoms with van der Waals surface area (Å²) in [7, 11) is 0. The van der Waals surface area contributed by atoms with Crippen LogP contribution in [-0.2, 0) is 11.3 Å². The number of halogens is 4. The summed E-state index contributed by atoms with van der Waals surface area (Å²) in [4.78, 5) is 0. The molecule has 1 nitrogen and oxygen atoms in total. The summed E-state index contributed by atoms with van der Waals surface area (Å²) in [6.07, 6.45) is 0. The Labute approximate surface area is 85.1 Å². The van der Waals surface area contributed by atoms with Gasteiger partial charge >= 0.3 is 6.98 Å². The maximum absolute atomic E-state index is 13.1. The summed E-state index contributed by atoms with van der Waals surface area (Å²) < 4.78 is 54.7. The highest BCUT2D eigenvalue weighted by atomic mass is 19.4. The fraction of sp³-hybridized carbons (Fsp3) is 0.333. The number of hydrogen-bond donors (Lipinski definition) is 0. The first kappa shape index (κ1) is 12.0. The molecule has 0 aliphatic heterocycles. The zero-order valence-electron chi connectivity index (χ0n) is 8.14. The molecule has 0 heterocycles. The first-order valence-corrected chi connectivity index (χ1v) is 4.51. The SMILES string of the molecule is CCOCc1ccc([B-](F)(F)F)cc1F. The van der Waals surface area contributed by atoms with E-state index in [0.717, 1.165) is 12.1 Å². The van der Waals surface area contributed by atoms with Gasteiger partial charge in [0.2, 0.25) is 0 Å². The van der Waals surface area contributed by atoms with E-state index >= 15 is 0 Å². The second-order valence-electron chi connectivity index (χ2n) is 3.06. The van der Waals surface area contributed by atoms with Gasteiger partial charge in [-0.1, -0.05) is 18.2 Å². The molecule has 0 aliphatic rings. The second-order valence-corrected chi connectivity index (χ2v) is 3.06. The lowest BCUT2D eigenvalue weighted by atomic mass is 9.80. The van der Waals surface area contributed by atoms with Crippen molar-refractivity contribution >= 4 is 12.4 Å². The van der Waals surface area contributed by atoms with Gasteiger partial charge in [0.25, 0.3) is 0 Å². The molecule has 0 bridgehead atoms. The van der Waals surface area contributed by atoms with E-state index in [4.69, 9.17) is 4.74 Å². The van der Waals surface area contributed by atoms with Gasteiger partial charge in [0.15, 0.2) is 0 Å². The van der Waals surface area contributed by atoms with Gasteiger partial charge in [0.05, 0.1) is 6.61 Å². The summed E-state index contributed by atoms with van der Waals surface area (Å²) in [6, 6.07) is 2.49. The van der Waals surface area contributed by atoms with Crippen molar-refractivity contribution in [3.63, 3.8) is 0 Å². The Morgan fingerprint density at radius 2 is 1.93 bits per heavy atom. The molecule has 6 heteroatoms. The third kappa shape index (κ3) is 3.23. The first-order chi connectivity index (χ1) is 6.95. The van der Waals surface area contributed by atoms with Crippen LogP contribution < -0.4 is 5.46 Å². The van der Waals surface area contributed by atoms with E-state index in [0.29, 0.717) is 12.7 Å². The minimum atomic E-state index is -5.13. The van der Waals surface area contributed by atoms with Crippen molar-refractivity contribution < 1.29 is 22.1 Å². The van der Waals surface area contributed by atoms with Gasteiger partial charge in [0.1, 0.15) is 5.82 Å². The third-order valence-corrected chi connectivity index (χ3v) is 1.92. The van der Waals surface area contributed by atoms with Crippen molar-refractivity contribution in [2.75, 3.05) is 6.61 Å². The molecule has 0 saturated carbocycles. The fourth-order valence-electron chi connectivity index (χ4n) is 1.10. The molecule has 1 aromatic carbocycles. The standard InChI is InChI=1S/C9H10BF4O/c1-2-15-6-7-3-4-8(5-9(7)11)10(12,13)14/h3-5H,2,6H2,1H3/q-1. The Hall–Kier alpha value is -1.04. The summed E-state index contributed by atoms with van der Waals surface area (Å²) in [5.41, 5.74) is -0.784. The van der Waals surface area contributed by atoms with Crippen LogP contribution in [0.5, 0.6) is 0 Å². The highest BCUT2D eigenvalue weighted by Gasteiger charge is 2.26. The van der Waals surface area contributed by atoms with E-state index in [-0.39, 0.29) is 12.2 Å². The number of hydrogen-bond acceptors (Lipinski definition) is 1. The minimum Gasteiger partial charge on any atom is -0.445 e. The second kappa shape index (κ2) is 4.66. The molecule has 84 valence electrons. The molecule has 0 aliphatic carbocycles. The van der Waals surface area contributed by atoms with Crippen LogP contribution in [0.25, 0.3) is 0 Å². The smallest absolute Gasteiger partial charge is 0.445 e. The summed E-state index contributed by atoms with van der Waals surface area (Å²) in [6.45, 7) is -3.02. The quantitative estimate of drug-likeness (QED) is 0.560. The number of rotatable bonds is 4. The van der Waals surface area contributed by atoms with Crippen LogP contribution in [0, 0.1) is 5.82 Å². The molecular weight excluding hydrogens is 211 g/mol. The topological polar surface area (TPSA) is 9.23 Å². The molecule has 0 atom stereocenters. The van der Waals surface area contributed by atoms with Crippen molar-refractivity contribution in [1.29, 1.82) is 0 Å². The summed E-state index contributed by atoms with van der Waals surface area (Å²) in [5, 5.41) is 0. The predicted molar refractivity (Wildman–Crippen MR) is 50.4 cm³/mol. The summed E-state index contributed by atoms with van der Waals surface area (Å²) in [5.74, 6) is -0.875. The Morgan fingerprint density at radius 3 is 2.40 bits per heavy atom. The van der Waals surface area contributed by atoms with Gasteiger partial charge in [-0.05, 0) is 6.92 Å². The molecule has 0 fully saturated rings. The zero-order chi connectivity index (χ0) is 11.5. The number of benzene rings is 1. The zero-order valence-corrected chi connectivity index (χ0v) is 8.14. The molecular formula is C9H10BF4O-. The molecule has 1 aromatic rings. The highest BCUT2D eigenvalue weighted by molar-refractivity contribution is 6.73. The maximum Gasteiger partial charge on any atom is 0.509 e. The van der Waals surface area contributed by atoms with E-state index in [1.807, 2.05) is 0 Å². The van der Waals surface area contributed by atoms with Gasteiger partial charge in [0, 0.05) is 12.2 Å². The highest BCUT2D eigenvalue weighted by Crippen LogP contribution is 2.13. The maximum atomic E-state index is 13.1. The van der Waals surface area contributed by atoms with Crippen LogP contribution >= 0.6 is 0 Å². The normalized spacial score (nSPS) is 11.8. The Kier molecular flexibility index (Phi) is 3.74. The van der Waals surface area contributed by atoms with Crippen molar-refractivity contribution in [3.05, 3.63) is 29.6 Å². The van der Waals surface area contributed by atoms with E-state index in [1.54, 1.807) is 6.92 Å². The molecule has 0 amide bonds. The average Bonchev–Trinajstić information content (AvgIpc) is 2.14. The molecule has 0 unspecified atom stereocenters. The third-order valence-electron chi connectivity index (χ3n) is 1.92. The van der Waals surface area contributed by atoms with Gasteiger partial charge in [-0.3, -0.25) is 0 Å². The van der Waals surface area contributed by atoms with Gasteiger partial charge in [-0.2, -0.15) is 0 Å². The van der Waals surface area contributed by atoms with Crippen LogP contribution in [0.15, 0.2) is 18.2 Å². The lowest BCUT2D eigenvalue weighted by Gasteiger charge is -2.15. The van der Waals surface area contributed by atoms with Gasteiger partial charge in [-0.15, -0.1) is 5.46 Å². The van der Waals surface area contributed by atoms with E-state index in [1.165, 1.54) is 0 Å². The van der Waals surface area contributed by atoms with Crippen molar-refractivity contribution in [2.45, 2.75) is 13.5 Å². The van der Waals surface area contributed by atoms with Crippen LogP contribution in [0.3, 0.4) is 0 Å². The van der Waals surface area contributed by atoms with Gasteiger partial charge < -0.3 is 17.7 Å². The lowest BCUT2D eigenvalue weighted by molar-refractivity contribution is 0.131. The minimum absolute atomic E-state index is 0.00648. The molecule has 0 radical (unpaired) electrons. The van der Waals surface area contributed by atoms with Gasteiger partial charge in [-0.25, -0.2) is 4.39 Å². The molecule has 0 spiro atoms. The number of ether oxygens (including phenoxy) is 1. The average molecular weight is 221 g/mol. The molecule has 15 heavy (non-hydrogen) atoms. The Morgan fingerprint density at radius 1 is 1.27 bits per heavy atom. The lowest BCUT2D eigenvalue weighted by Crippen LogP contribution is -2.34. The molecule has 0 saturated heterocycles. The van der Waals surface area contributed by atoms with Crippen molar-refractivity contribution in [1.82, 2.24) is 0 Å². The Balaban J connectivity index is 2.88. The van der Waals surface area contributed by atoms with Crippen LogP contribution in [0.2, 0.25) is 0 Å². The fourth-order valence-corrected chi connectivity index (χ4v) is 1.10. The monoisotopic (exact) mass is 221 g/mol. The van der Waals surface area contributed by atoms with Crippen LogP contribution in [-0.4, -0.2) is 13.6 Å². The first-order valence-electron chi connectivity index (χ1n) is 4.51. The molecule has 0 N–H and O–H groups in total. The molecule has 1 rings (SSSR count). The van der Waals surface area contributed by atoms with Crippen molar-refractivity contribution in [3.8, 4) is 0 Å². The van der Waals surface area contributed by atoms with E-state index < -0.39 is 18.3 Å². The van der Waals surface area contributed by atoms with E-state index in [9.17, 15) is 17.3 Å². The van der Waals surface area contributed by atoms with Crippen LogP contribution in [0.4, 0.5) is 17.3 Å². The molecule has 0 aromatic heterocycles. The van der Waals surface area contributed by atoms with Crippen LogP contribution in [0.1, 0.15) is 12.5 Å². The van der Waals surface area contributed by atoms with E-state index in [2.05, 4.69) is 0 Å². The predicted octanol–water partition coefficient (Wildman–Crippen LogP) is 2.42.